The minimum atomic E-state index is -0.781. The summed E-state index contributed by atoms with van der Waals surface area (Å²) in [6.45, 7) is 3.56. The number of ether oxygens (including phenoxy) is 2. The number of methoxy groups -OCH3 is 1. The molecule has 0 bridgehead atoms. The predicted octanol–water partition coefficient (Wildman–Crippen LogP) is 2.88. The number of carbonyl (C=O) groups excluding carboxylic acids is 1. The first-order chi connectivity index (χ1) is 12.7. The normalized spacial score (nSPS) is 29.3. The van der Waals surface area contributed by atoms with Crippen molar-refractivity contribution in [3.8, 4) is 5.75 Å². The highest BCUT2D eigenvalue weighted by Gasteiger charge is 2.48. The topological polar surface area (TPSA) is 96.2 Å². The molecule has 1 saturated heterocycles. The van der Waals surface area contributed by atoms with Crippen LogP contribution < -0.4 is 0 Å². The second kappa shape index (κ2) is 7.21. The standard InChI is InChI=1S/C21H24O6/c1-21(2)18(24)10-14-16(27-21)11-17(26-3)19(20(14)25)15(23)9-6-12-4-7-13(22)8-5-12/h4-9,11,14,16,18,22-24H,10H2,1-3H3/b9-6+,19-15?/t14-,16-,18+/m1/s1. The Morgan fingerprint density at radius 2 is 1.96 bits per heavy atom. The Kier molecular flexibility index (Phi) is 5.13. The number of aliphatic hydroxyl groups excluding tert-OH is 2. The molecule has 3 N–H and O–H groups in total. The molecular formula is C21H24O6. The highest BCUT2D eigenvalue weighted by molar-refractivity contribution is 6.03. The van der Waals surface area contributed by atoms with Gasteiger partial charge in [-0.15, -0.1) is 0 Å². The third-order valence-electron chi connectivity index (χ3n) is 5.06. The Hall–Kier alpha value is -2.57. The number of carbonyl (C=O) groups is 1. The molecule has 0 aromatic heterocycles. The van der Waals surface area contributed by atoms with Gasteiger partial charge in [0.15, 0.2) is 5.78 Å². The van der Waals surface area contributed by atoms with Gasteiger partial charge in [-0.3, -0.25) is 4.79 Å². The third-order valence-corrected chi connectivity index (χ3v) is 5.06. The van der Waals surface area contributed by atoms with Gasteiger partial charge in [0.2, 0.25) is 0 Å². The van der Waals surface area contributed by atoms with Crippen LogP contribution in [0.15, 0.2) is 53.5 Å². The van der Waals surface area contributed by atoms with Crippen molar-refractivity contribution in [2.24, 2.45) is 5.92 Å². The lowest BCUT2D eigenvalue weighted by molar-refractivity contribution is -0.183. The second-order valence-corrected chi connectivity index (χ2v) is 7.33. The van der Waals surface area contributed by atoms with Crippen molar-refractivity contribution in [2.75, 3.05) is 7.11 Å². The number of rotatable bonds is 3. The maximum atomic E-state index is 13.0. The summed E-state index contributed by atoms with van der Waals surface area (Å²) in [6, 6.07) is 6.43. The number of ketones is 1. The molecule has 144 valence electrons. The molecule has 1 aromatic rings. The van der Waals surface area contributed by atoms with Gasteiger partial charge in [-0.25, -0.2) is 0 Å². The molecule has 0 amide bonds. The third kappa shape index (κ3) is 3.77. The van der Waals surface area contributed by atoms with Crippen molar-refractivity contribution in [1.82, 2.24) is 0 Å². The van der Waals surface area contributed by atoms with Crippen LogP contribution in [-0.2, 0) is 14.3 Å². The number of hydrogen-bond acceptors (Lipinski definition) is 6. The molecule has 27 heavy (non-hydrogen) atoms. The van der Waals surface area contributed by atoms with E-state index >= 15 is 0 Å². The van der Waals surface area contributed by atoms with Crippen molar-refractivity contribution < 1.29 is 29.6 Å². The number of Topliss-reactive ketones (excluding diaryl/α,β-unsaturated/α-hetero) is 1. The maximum Gasteiger partial charge on any atom is 0.176 e. The number of aromatic hydroxyl groups is 1. The van der Waals surface area contributed by atoms with Crippen LogP contribution >= 0.6 is 0 Å². The quantitative estimate of drug-likeness (QED) is 0.558. The Balaban J connectivity index is 1.95. The van der Waals surface area contributed by atoms with Crippen molar-refractivity contribution in [2.45, 2.75) is 38.1 Å². The average Bonchev–Trinajstić information content (AvgIpc) is 2.62. The van der Waals surface area contributed by atoms with E-state index in [0.717, 1.165) is 5.56 Å². The molecule has 1 aromatic carbocycles. The molecule has 1 aliphatic heterocycles. The fourth-order valence-corrected chi connectivity index (χ4v) is 3.38. The number of hydrogen-bond donors (Lipinski definition) is 3. The summed E-state index contributed by atoms with van der Waals surface area (Å²) >= 11 is 0. The van der Waals surface area contributed by atoms with Crippen LogP contribution in [0.4, 0.5) is 0 Å². The van der Waals surface area contributed by atoms with E-state index in [1.807, 2.05) is 0 Å². The molecule has 0 saturated carbocycles. The van der Waals surface area contributed by atoms with Gasteiger partial charge < -0.3 is 24.8 Å². The summed E-state index contributed by atoms with van der Waals surface area (Å²) < 4.78 is 11.2. The zero-order valence-corrected chi connectivity index (χ0v) is 15.5. The summed E-state index contributed by atoms with van der Waals surface area (Å²) in [5, 5.41) is 30.1. The van der Waals surface area contributed by atoms with Crippen LogP contribution in [0.5, 0.6) is 5.75 Å². The minimum absolute atomic E-state index is 0.0734. The van der Waals surface area contributed by atoms with Gasteiger partial charge in [-0.05, 0) is 50.1 Å². The Bertz CT molecular complexity index is 816. The maximum absolute atomic E-state index is 13.0. The molecule has 1 fully saturated rings. The van der Waals surface area contributed by atoms with E-state index in [2.05, 4.69) is 0 Å². The van der Waals surface area contributed by atoms with Crippen LogP contribution in [0, 0.1) is 5.92 Å². The minimum Gasteiger partial charge on any atom is -0.508 e. The monoisotopic (exact) mass is 372 g/mol. The number of allylic oxidation sites excluding steroid dienone is 2. The van der Waals surface area contributed by atoms with E-state index in [9.17, 15) is 20.1 Å². The number of fused-ring (bicyclic) bond motifs is 1. The summed E-state index contributed by atoms with van der Waals surface area (Å²) in [5.41, 5.74) is 0.0604. The van der Waals surface area contributed by atoms with Crippen LogP contribution in [0.1, 0.15) is 25.8 Å². The lowest BCUT2D eigenvalue weighted by Gasteiger charge is -2.44. The van der Waals surface area contributed by atoms with Crippen molar-refractivity contribution >= 4 is 11.9 Å². The Labute approximate surface area is 158 Å². The zero-order chi connectivity index (χ0) is 19.8. The molecule has 6 nitrogen and oxygen atoms in total. The van der Waals surface area contributed by atoms with Crippen molar-refractivity contribution in [3.63, 3.8) is 0 Å². The Morgan fingerprint density at radius 3 is 2.59 bits per heavy atom. The van der Waals surface area contributed by atoms with Gasteiger partial charge in [0.1, 0.15) is 22.8 Å². The number of benzene rings is 1. The van der Waals surface area contributed by atoms with Crippen LogP contribution in [0.25, 0.3) is 6.08 Å². The highest BCUT2D eigenvalue weighted by Crippen LogP contribution is 2.40. The van der Waals surface area contributed by atoms with E-state index in [4.69, 9.17) is 9.47 Å². The van der Waals surface area contributed by atoms with E-state index in [0.29, 0.717) is 0 Å². The number of aliphatic hydroxyl groups is 2. The van der Waals surface area contributed by atoms with Crippen molar-refractivity contribution in [3.05, 3.63) is 59.1 Å². The largest absolute Gasteiger partial charge is 0.508 e. The van der Waals surface area contributed by atoms with E-state index in [1.165, 1.54) is 25.3 Å². The van der Waals surface area contributed by atoms with Gasteiger partial charge in [-0.1, -0.05) is 18.2 Å². The molecule has 0 spiro atoms. The SMILES string of the molecule is COC1=C[C@H]2OC(C)(C)[C@@H](O)C[C@H]2C(=O)C1=C(O)/C=C/c1ccc(O)cc1. The zero-order valence-electron chi connectivity index (χ0n) is 15.5. The molecule has 0 radical (unpaired) electrons. The molecule has 3 atom stereocenters. The smallest absolute Gasteiger partial charge is 0.176 e. The molecule has 6 heteroatoms. The predicted molar refractivity (Wildman–Crippen MR) is 100.0 cm³/mol. The Morgan fingerprint density at radius 1 is 1.30 bits per heavy atom. The fourth-order valence-electron chi connectivity index (χ4n) is 3.38. The second-order valence-electron chi connectivity index (χ2n) is 7.33. The van der Waals surface area contributed by atoms with Gasteiger partial charge in [0, 0.05) is 0 Å². The van der Waals surface area contributed by atoms with Crippen LogP contribution in [0.3, 0.4) is 0 Å². The fraction of sp³-hybridized carbons (Fsp3) is 0.381. The van der Waals surface area contributed by atoms with E-state index < -0.39 is 23.7 Å². The average molecular weight is 372 g/mol. The number of phenolic OH excluding ortho intramolecular Hbond substituents is 1. The lowest BCUT2D eigenvalue weighted by Crippen LogP contribution is -2.53. The van der Waals surface area contributed by atoms with Gasteiger partial charge in [0.05, 0.1) is 30.8 Å². The first-order valence-electron chi connectivity index (χ1n) is 8.79. The lowest BCUT2D eigenvalue weighted by atomic mass is 9.76. The molecular weight excluding hydrogens is 348 g/mol. The first kappa shape index (κ1) is 19.2. The summed E-state index contributed by atoms with van der Waals surface area (Å²) in [6.07, 6.45) is 3.68. The van der Waals surface area contributed by atoms with E-state index in [-0.39, 0.29) is 35.0 Å². The summed E-state index contributed by atoms with van der Waals surface area (Å²) in [4.78, 5) is 13.0. The van der Waals surface area contributed by atoms with Crippen LogP contribution in [0.2, 0.25) is 0 Å². The van der Waals surface area contributed by atoms with Gasteiger partial charge in [0.25, 0.3) is 0 Å². The molecule has 1 aliphatic carbocycles. The molecule has 2 aliphatic rings. The van der Waals surface area contributed by atoms with Gasteiger partial charge >= 0.3 is 0 Å². The molecule has 3 rings (SSSR count). The molecule has 0 unspecified atom stereocenters. The molecule has 1 heterocycles. The van der Waals surface area contributed by atoms with Crippen molar-refractivity contribution in [1.29, 1.82) is 0 Å². The van der Waals surface area contributed by atoms with Crippen LogP contribution in [-0.4, -0.2) is 46.0 Å². The van der Waals surface area contributed by atoms with E-state index in [1.54, 1.807) is 38.1 Å². The first-order valence-corrected chi connectivity index (χ1v) is 8.79. The summed E-state index contributed by atoms with van der Waals surface area (Å²) in [7, 11) is 1.43. The number of phenols is 1. The van der Waals surface area contributed by atoms with Gasteiger partial charge in [-0.2, -0.15) is 0 Å². The summed E-state index contributed by atoms with van der Waals surface area (Å²) in [5.74, 6) is -0.722. The highest BCUT2D eigenvalue weighted by atomic mass is 16.5.